The molecule has 8 heteroatoms. The van der Waals surface area contributed by atoms with E-state index in [4.69, 9.17) is 28.8 Å². The second kappa shape index (κ2) is 6.60. The number of aliphatic imine (C=N–C) groups is 2. The Kier molecular flexibility index (Phi) is 5.13. The van der Waals surface area contributed by atoms with Crippen LogP contribution in [0.5, 0.6) is 0 Å². The average molecular weight is 283 g/mol. The Morgan fingerprint density at radius 2 is 2.05 bits per heavy atom. The summed E-state index contributed by atoms with van der Waals surface area (Å²) in [5.41, 5.74) is 16.8. The van der Waals surface area contributed by atoms with E-state index in [9.17, 15) is 4.79 Å². The Labute approximate surface area is 115 Å². The van der Waals surface area contributed by atoms with E-state index in [1.165, 1.54) is 0 Å². The number of amides is 1. The van der Waals surface area contributed by atoms with Gasteiger partial charge >= 0.3 is 0 Å². The second-order valence-corrected chi connectivity index (χ2v) is 3.98. The molecule has 1 aromatic carbocycles. The highest BCUT2D eigenvalue weighted by molar-refractivity contribution is 6.34. The molecule has 1 rings (SSSR count). The van der Waals surface area contributed by atoms with Crippen LogP contribution in [0, 0.1) is 0 Å². The highest BCUT2D eigenvalue weighted by atomic mass is 35.5. The van der Waals surface area contributed by atoms with Gasteiger partial charge in [0.25, 0.3) is 0 Å². The van der Waals surface area contributed by atoms with Crippen molar-refractivity contribution in [1.82, 2.24) is 0 Å². The zero-order chi connectivity index (χ0) is 14.4. The van der Waals surface area contributed by atoms with Gasteiger partial charge in [-0.2, -0.15) is 4.99 Å². The van der Waals surface area contributed by atoms with Crippen molar-refractivity contribution in [1.29, 1.82) is 0 Å². The van der Waals surface area contributed by atoms with Crippen LogP contribution in [0.1, 0.15) is 13.3 Å². The summed E-state index contributed by atoms with van der Waals surface area (Å²) in [4.78, 5) is 18.8. The molecule has 7 N–H and O–H groups in total. The fraction of sp³-hybridized carbons (Fsp3) is 0.182. The smallest absolute Gasteiger partial charge is 0.224 e. The summed E-state index contributed by atoms with van der Waals surface area (Å²) in [6.07, 6.45) is 0.369. The molecule has 0 unspecified atom stereocenters. The molecule has 7 nitrogen and oxygen atoms in total. The van der Waals surface area contributed by atoms with E-state index in [0.717, 1.165) is 0 Å². The quantitative estimate of drug-likeness (QED) is 0.484. The second-order valence-electron chi connectivity index (χ2n) is 3.57. The predicted molar refractivity (Wildman–Crippen MR) is 77.5 cm³/mol. The first-order chi connectivity index (χ1) is 8.92. The van der Waals surface area contributed by atoms with Crippen molar-refractivity contribution in [3.05, 3.63) is 23.2 Å². The van der Waals surface area contributed by atoms with Crippen LogP contribution in [0.4, 0.5) is 11.4 Å². The number of carbonyl (C=O) groups excluding carboxylic acids is 1. The minimum Gasteiger partial charge on any atom is -0.370 e. The predicted octanol–water partition coefficient (Wildman–Crippen LogP) is 0.908. The summed E-state index contributed by atoms with van der Waals surface area (Å²) in [5.74, 6) is -0.390. The topological polar surface area (TPSA) is 132 Å². The molecule has 0 aliphatic rings. The number of rotatable bonds is 3. The van der Waals surface area contributed by atoms with Crippen molar-refractivity contribution in [3.63, 3.8) is 0 Å². The third kappa shape index (κ3) is 4.84. The average Bonchev–Trinajstić information content (AvgIpc) is 2.31. The fourth-order valence-corrected chi connectivity index (χ4v) is 1.43. The van der Waals surface area contributed by atoms with E-state index in [0.29, 0.717) is 22.8 Å². The maximum absolute atomic E-state index is 11.3. The minimum atomic E-state index is -0.181. The van der Waals surface area contributed by atoms with Gasteiger partial charge in [0.2, 0.25) is 11.9 Å². The summed E-state index contributed by atoms with van der Waals surface area (Å²) < 4.78 is 0. The van der Waals surface area contributed by atoms with E-state index in [-0.39, 0.29) is 17.8 Å². The molecule has 1 amide bonds. The number of halogens is 1. The lowest BCUT2D eigenvalue weighted by Gasteiger charge is -2.06. The first-order valence-electron chi connectivity index (χ1n) is 5.45. The Balaban J connectivity index is 2.94. The van der Waals surface area contributed by atoms with Gasteiger partial charge in [-0.25, -0.2) is 4.99 Å². The maximum atomic E-state index is 11.3. The van der Waals surface area contributed by atoms with Crippen molar-refractivity contribution in [2.24, 2.45) is 27.2 Å². The van der Waals surface area contributed by atoms with Crippen LogP contribution in [0.3, 0.4) is 0 Å². The molecule has 0 aliphatic heterocycles. The molecule has 0 aromatic heterocycles. The number of benzene rings is 1. The number of guanidine groups is 2. The van der Waals surface area contributed by atoms with E-state index in [2.05, 4.69) is 15.3 Å². The van der Waals surface area contributed by atoms with Crippen molar-refractivity contribution in [2.75, 3.05) is 5.32 Å². The minimum absolute atomic E-state index is 0.0820. The van der Waals surface area contributed by atoms with Crippen LogP contribution < -0.4 is 22.5 Å². The molecule has 0 spiro atoms. The van der Waals surface area contributed by atoms with Crippen molar-refractivity contribution in [2.45, 2.75) is 13.3 Å². The molecule has 0 fully saturated rings. The van der Waals surface area contributed by atoms with E-state index >= 15 is 0 Å². The molecular weight excluding hydrogens is 268 g/mol. The van der Waals surface area contributed by atoms with Gasteiger partial charge in [-0.15, -0.1) is 0 Å². The molecule has 0 atom stereocenters. The Morgan fingerprint density at radius 3 is 2.58 bits per heavy atom. The largest absolute Gasteiger partial charge is 0.370 e. The van der Waals surface area contributed by atoms with Gasteiger partial charge < -0.3 is 22.5 Å². The summed E-state index contributed by atoms with van der Waals surface area (Å²) in [6, 6.07) is 4.80. The molecular formula is C11H15ClN6O. The van der Waals surface area contributed by atoms with E-state index < -0.39 is 0 Å². The summed E-state index contributed by atoms with van der Waals surface area (Å²) in [5, 5.41) is 3.00. The van der Waals surface area contributed by atoms with Crippen molar-refractivity contribution >= 4 is 40.8 Å². The third-order valence-corrected chi connectivity index (χ3v) is 2.35. The number of hydrogen-bond acceptors (Lipinski definition) is 2. The molecule has 0 bridgehead atoms. The molecule has 102 valence electrons. The fourth-order valence-electron chi connectivity index (χ4n) is 1.20. The number of nitrogens with two attached hydrogens (primary N) is 3. The Bertz CT molecular complexity index is 536. The molecule has 19 heavy (non-hydrogen) atoms. The molecule has 0 saturated carbocycles. The highest BCUT2D eigenvalue weighted by Gasteiger charge is 2.05. The normalized spacial score (nSPS) is 10.9. The van der Waals surface area contributed by atoms with Crippen LogP contribution >= 0.6 is 11.6 Å². The van der Waals surface area contributed by atoms with Gasteiger partial charge in [-0.3, -0.25) is 4.79 Å². The van der Waals surface area contributed by atoms with Gasteiger partial charge in [-0.1, -0.05) is 18.5 Å². The first kappa shape index (κ1) is 14.8. The maximum Gasteiger partial charge on any atom is 0.224 e. The van der Waals surface area contributed by atoms with Gasteiger partial charge in [0.1, 0.15) is 0 Å². The number of hydrogen-bond donors (Lipinski definition) is 4. The standard InChI is InChI=1S/C11H15ClN6O/c1-2-9(19)17-8-4-3-6(5-7(8)12)16-11(15)18-10(13)14/h3-5H,2H2,1H3,(H,17,19)(H6,13,14,15,16,18). The molecule has 0 aliphatic carbocycles. The molecule has 0 radical (unpaired) electrons. The summed E-state index contributed by atoms with van der Waals surface area (Å²) in [6.45, 7) is 1.75. The first-order valence-corrected chi connectivity index (χ1v) is 5.83. The van der Waals surface area contributed by atoms with Gasteiger partial charge in [0.05, 0.1) is 16.4 Å². The van der Waals surface area contributed by atoms with Crippen LogP contribution in [0.15, 0.2) is 28.2 Å². The number of nitrogens with one attached hydrogen (secondary N) is 1. The number of carbonyl (C=O) groups is 1. The lowest BCUT2D eigenvalue weighted by Crippen LogP contribution is -2.26. The van der Waals surface area contributed by atoms with Gasteiger partial charge in [0, 0.05) is 6.42 Å². The zero-order valence-corrected chi connectivity index (χ0v) is 11.1. The van der Waals surface area contributed by atoms with E-state index in [1.54, 1.807) is 25.1 Å². The molecule has 0 saturated heterocycles. The van der Waals surface area contributed by atoms with Crippen LogP contribution in [0.2, 0.25) is 5.02 Å². The lowest BCUT2D eigenvalue weighted by atomic mass is 10.2. The zero-order valence-electron chi connectivity index (χ0n) is 10.4. The lowest BCUT2D eigenvalue weighted by molar-refractivity contribution is -0.115. The summed E-state index contributed by atoms with van der Waals surface area (Å²) >= 11 is 6.01. The third-order valence-electron chi connectivity index (χ3n) is 2.04. The molecule has 0 heterocycles. The van der Waals surface area contributed by atoms with Crippen LogP contribution in [0.25, 0.3) is 0 Å². The van der Waals surface area contributed by atoms with Crippen LogP contribution in [-0.4, -0.2) is 17.8 Å². The Morgan fingerprint density at radius 1 is 1.37 bits per heavy atom. The Hall–Kier alpha value is -2.28. The van der Waals surface area contributed by atoms with Crippen molar-refractivity contribution < 1.29 is 4.79 Å². The summed E-state index contributed by atoms with van der Waals surface area (Å²) in [7, 11) is 0. The number of anilines is 1. The number of nitrogens with zero attached hydrogens (tertiary/aromatic N) is 2. The van der Waals surface area contributed by atoms with Gasteiger partial charge in [0.15, 0.2) is 5.96 Å². The van der Waals surface area contributed by atoms with E-state index in [1.807, 2.05) is 0 Å². The van der Waals surface area contributed by atoms with Crippen molar-refractivity contribution in [3.8, 4) is 0 Å². The highest BCUT2D eigenvalue weighted by Crippen LogP contribution is 2.27. The monoisotopic (exact) mass is 282 g/mol. The molecule has 1 aromatic rings. The SMILES string of the molecule is CCC(=O)Nc1ccc(N=C(N)N=C(N)N)cc1Cl. The van der Waals surface area contributed by atoms with Crippen LogP contribution in [-0.2, 0) is 4.79 Å². The van der Waals surface area contributed by atoms with Gasteiger partial charge in [-0.05, 0) is 18.2 Å².